The number of nitrogens with zero attached hydrogens (tertiary/aromatic N) is 1. The van der Waals surface area contributed by atoms with Crippen molar-refractivity contribution in [2.45, 2.75) is 25.9 Å². The minimum absolute atomic E-state index is 0.0440. The number of thioether (sulfide) groups is 1. The van der Waals surface area contributed by atoms with Crippen LogP contribution in [-0.4, -0.2) is 42.9 Å². The van der Waals surface area contributed by atoms with Crippen molar-refractivity contribution in [1.82, 2.24) is 4.90 Å². The van der Waals surface area contributed by atoms with Crippen LogP contribution in [0.4, 0.5) is 0 Å². The fourth-order valence-electron chi connectivity index (χ4n) is 2.23. The van der Waals surface area contributed by atoms with E-state index in [0.717, 1.165) is 24.3 Å². The Morgan fingerprint density at radius 1 is 1.50 bits per heavy atom. The molecule has 0 radical (unpaired) electrons. The van der Waals surface area contributed by atoms with Crippen molar-refractivity contribution in [1.29, 1.82) is 5.41 Å². The van der Waals surface area contributed by atoms with Gasteiger partial charge in [0.05, 0.1) is 12.7 Å². The summed E-state index contributed by atoms with van der Waals surface area (Å²) in [5.41, 5.74) is 7.42. The molecule has 5 heteroatoms. The van der Waals surface area contributed by atoms with Gasteiger partial charge < -0.3 is 10.5 Å². The molecule has 20 heavy (non-hydrogen) atoms. The van der Waals surface area contributed by atoms with E-state index >= 15 is 0 Å². The zero-order valence-corrected chi connectivity index (χ0v) is 13.6. The lowest BCUT2D eigenvalue weighted by atomic mass is 10.1. The topological polar surface area (TPSA) is 62.3 Å². The van der Waals surface area contributed by atoms with Gasteiger partial charge in [0.25, 0.3) is 0 Å². The molecule has 1 aromatic rings. The third kappa shape index (κ3) is 4.42. The molecule has 0 aliphatic rings. The van der Waals surface area contributed by atoms with Crippen molar-refractivity contribution in [2.24, 2.45) is 5.73 Å². The number of methoxy groups -OCH3 is 1. The van der Waals surface area contributed by atoms with Crippen molar-refractivity contribution in [3.63, 3.8) is 0 Å². The molecule has 0 saturated carbocycles. The molecule has 1 unspecified atom stereocenters. The van der Waals surface area contributed by atoms with Crippen LogP contribution in [0.1, 0.15) is 24.5 Å². The summed E-state index contributed by atoms with van der Waals surface area (Å²) in [5.74, 6) is 1.82. The number of rotatable bonds is 8. The molecule has 112 valence electrons. The molecule has 0 aromatic heterocycles. The molecule has 0 saturated heterocycles. The average molecular weight is 295 g/mol. The Morgan fingerprint density at radius 2 is 2.20 bits per heavy atom. The van der Waals surface area contributed by atoms with Crippen LogP contribution >= 0.6 is 11.8 Å². The van der Waals surface area contributed by atoms with Crippen molar-refractivity contribution in [3.05, 3.63) is 29.3 Å². The Balaban J connectivity index is 2.87. The molecule has 0 spiro atoms. The number of ether oxygens (including phenoxy) is 1. The molecule has 3 N–H and O–H groups in total. The van der Waals surface area contributed by atoms with Crippen molar-refractivity contribution in [3.8, 4) is 5.75 Å². The zero-order valence-electron chi connectivity index (χ0n) is 12.8. The van der Waals surface area contributed by atoms with E-state index in [-0.39, 0.29) is 5.84 Å². The highest BCUT2D eigenvalue weighted by atomic mass is 32.2. The Bertz CT molecular complexity index is 451. The first kappa shape index (κ1) is 16.9. The van der Waals surface area contributed by atoms with E-state index in [2.05, 4.69) is 25.1 Å². The van der Waals surface area contributed by atoms with Crippen LogP contribution in [0.3, 0.4) is 0 Å². The highest BCUT2D eigenvalue weighted by Gasteiger charge is 2.14. The third-order valence-electron chi connectivity index (χ3n) is 3.44. The number of nitrogens with two attached hydrogens (primary N) is 1. The van der Waals surface area contributed by atoms with Gasteiger partial charge in [-0.05, 0) is 37.4 Å². The minimum atomic E-state index is 0.0440. The Hall–Kier alpha value is -1.20. The normalized spacial score (nSPS) is 12.4. The molecule has 0 bridgehead atoms. The third-order valence-corrected chi connectivity index (χ3v) is 4.16. The number of hydrogen-bond donors (Lipinski definition) is 2. The first-order valence-electron chi connectivity index (χ1n) is 6.73. The van der Waals surface area contributed by atoms with Gasteiger partial charge in [0.2, 0.25) is 0 Å². The quantitative estimate of drug-likeness (QED) is 0.571. The molecule has 1 rings (SSSR count). The van der Waals surface area contributed by atoms with Gasteiger partial charge in [-0.3, -0.25) is 10.3 Å². The first-order valence-corrected chi connectivity index (χ1v) is 8.13. The van der Waals surface area contributed by atoms with Gasteiger partial charge in [-0.25, -0.2) is 0 Å². The summed E-state index contributed by atoms with van der Waals surface area (Å²) in [6.07, 6.45) is 3.27. The Morgan fingerprint density at radius 3 is 2.70 bits per heavy atom. The second kappa shape index (κ2) is 8.17. The summed E-state index contributed by atoms with van der Waals surface area (Å²) in [7, 11) is 3.74. The summed E-state index contributed by atoms with van der Waals surface area (Å²) in [4.78, 5) is 2.35. The highest BCUT2D eigenvalue weighted by molar-refractivity contribution is 7.98. The maximum atomic E-state index is 7.63. The molecular weight excluding hydrogens is 270 g/mol. The number of hydrogen-bond acceptors (Lipinski definition) is 4. The molecule has 0 aliphatic carbocycles. The van der Waals surface area contributed by atoms with Gasteiger partial charge in [-0.2, -0.15) is 11.8 Å². The highest BCUT2D eigenvalue weighted by Crippen LogP contribution is 2.21. The molecule has 0 aliphatic heterocycles. The van der Waals surface area contributed by atoms with Crippen molar-refractivity contribution in [2.75, 3.05) is 26.2 Å². The van der Waals surface area contributed by atoms with Gasteiger partial charge in [0, 0.05) is 18.3 Å². The zero-order chi connectivity index (χ0) is 15.1. The fourth-order valence-corrected chi connectivity index (χ4v) is 3.11. The van der Waals surface area contributed by atoms with Crippen molar-refractivity contribution >= 4 is 17.6 Å². The minimum Gasteiger partial charge on any atom is -0.496 e. The van der Waals surface area contributed by atoms with E-state index in [0.29, 0.717) is 17.4 Å². The number of amidine groups is 1. The van der Waals surface area contributed by atoms with Gasteiger partial charge in [0.1, 0.15) is 11.6 Å². The molecule has 1 atom stereocenters. The average Bonchev–Trinajstić information content (AvgIpc) is 2.44. The van der Waals surface area contributed by atoms with Crippen molar-refractivity contribution < 1.29 is 4.74 Å². The van der Waals surface area contributed by atoms with E-state index in [1.165, 1.54) is 0 Å². The Labute approximate surface area is 126 Å². The van der Waals surface area contributed by atoms with Gasteiger partial charge in [-0.15, -0.1) is 0 Å². The molecule has 4 nitrogen and oxygen atoms in total. The smallest absolute Gasteiger partial charge is 0.129 e. The summed E-state index contributed by atoms with van der Waals surface area (Å²) >= 11 is 1.87. The molecule has 0 amide bonds. The van der Waals surface area contributed by atoms with Crippen LogP contribution < -0.4 is 10.5 Å². The predicted molar refractivity (Wildman–Crippen MR) is 87.9 cm³/mol. The molecule has 0 fully saturated rings. The second-order valence-corrected chi connectivity index (χ2v) is 5.79. The van der Waals surface area contributed by atoms with E-state index < -0.39 is 0 Å². The number of benzene rings is 1. The second-order valence-electron chi connectivity index (χ2n) is 4.88. The molecular formula is C15H25N3OS. The monoisotopic (exact) mass is 295 g/mol. The summed E-state index contributed by atoms with van der Waals surface area (Å²) in [6, 6.07) is 6.43. The fraction of sp³-hybridized carbons (Fsp3) is 0.533. The summed E-state index contributed by atoms with van der Waals surface area (Å²) < 4.78 is 5.24. The lowest BCUT2D eigenvalue weighted by Crippen LogP contribution is -2.32. The first-order chi connectivity index (χ1) is 9.53. The number of nitrogen functional groups attached to an aromatic ring is 1. The van der Waals surface area contributed by atoms with E-state index in [9.17, 15) is 0 Å². The van der Waals surface area contributed by atoms with Crippen LogP contribution in [0.5, 0.6) is 5.75 Å². The molecule has 1 aromatic carbocycles. The van der Waals surface area contributed by atoms with E-state index in [1.54, 1.807) is 7.11 Å². The maximum Gasteiger partial charge on any atom is 0.129 e. The van der Waals surface area contributed by atoms with Crippen LogP contribution in [0.15, 0.2) is 18.2 Å². The lowest BCUT2D eigenvalue weighted by Gasteiger charge is -2.26. The summed E-state index contributed by atoms with van der Waals surface area (Å²) in [6.45, 7) is 3.07. The lowest BCUT2D eigenvalue weighted by molar-refractivity contribution is 0.248. The SMILES string of the molecule is CCC(CSC)N(C)Cc1ccc(OC)c(C(=N)N)c1. The van der Waals surface area contributed by atoms with Gasteiger partial charge in [-0.1, -0.05) is 13.0 Å². The van der Waals surface area contributed by atoms with Crippen LogP contribution in [0.25, 0.3) is 0 Å². The van der Waals surface area contributed by atoms with Crippen LogP contribution in [0.2, 0.25) is 0 Å². The van der Waals surface area contributed by atoms with Gasteiger partial charge >= 0.3 is 0 Å². The standard InChI is InChI=1S/C15H25N3OS/c1-5-12(10-20-4)18(2)9-11-6-7-14(19-3)13(8-11)15(16)17/h6-8,12H,5,9-10H2,1-4H3,(H3,16,17). The summed E-state index contributed by atoms with van der Waals surface area (Å²) in [5, 5.41) is 7.63. The molecule has 0 heterocycles. The van der Waals surface area contributed by atoms with Crippen LogP contribution in [0, 0.1) is 5.41 Å². The van der Waals surface area contributed by atoms with E-state index in [4.69, 9.17) is 15.9 Å². The Kier molecular flexibility index (Phi) is 6.88. The van der Waals surface area contributed by atoms with Crippen LogP contribution in [-0.2, 0) is 6.54 Å². The number of nitrogens with one attached hydrogen (secondary N) is 1. The predicted octanol–water partition coefficient (Wildman–Crippen LogP) is 2.55. The van der Waals surface area contributed by atoms with Gasteiger partial charge in [0.15, 0.2) is 0 Å². The maximum absolute atomic E-state index is 7.63. The van der Waals surface area contributed by atoms with E-state index in [1.807, 2.05) is 30.0 Å². The largest absolute Gasteiger partial charge is 0.496 e.